The Bertz CT molecular complexity index is 698. The molecule has 0 unspecified atom stereocenters. The van der Waals surface area contributed by atoms with Gasteiger partial charge in [0, 0.05) is 11.1 Å². The van der Waals surface area contributed by atoms with Gasteiger partial charge in [0.15, 0.2) is 5.58 Å². The van der Waals surface area contributed by atoms with Crippen LogP contribution < -0.4 is 5.32 Å². The van der Waals surface area contributed by atoms with Gasteiger partial charge in [0.1, 0.15) is 11.4 Å². The lowest BCUT2D eigenvalue weighted by Gasteiger charge is -1.93. The van der Waals surface area contributed by atoms with Crippen LogP contribution in [0.1, 0.15) is 11.5 Å². The van der Waals surface area contributed by atoms with Gasteiger partial charge in [0.2, 0.25) is 5.89 Å². The van der Waals surface area contributed by atoms with Crippen molar-refractivity contribution >= 4 is 46.3 Å². The summed E-state index contributed by atoms with van der Waals surface area (Å²) in [4.78, 5) is 4.25. The largest absolute Gasteiger partial charge is 0.423 e. The number of hydrogen-bond acceptors (Lipinski definition) is 6. The molecule has 98 valence electrons. The second-order valence-electron chi connectivity index (χ2n) is 3.85. The van der Waals surface area contributed by atoms with Crippen LogP contribution in [0.25, 0.3) is 11.1 Å². The van der Waals surface area contributed by atoms with E-state index >= 15 is 0 Å². The van der Waals surface area contributed by atoms with E-state index in [4.69, 9.17) is 32.0 Å². The molecule has 1 aromatic carbocycles. The summed E-state index contributed by atoms with van der Waals surface area (Å²) in [5.74, 6) is 0.469. The van der Waals surface area contributed by atoms with Crippen molar-refractivity contribution in [1.82, 2.24) is 15.2 Å². The third-order valence-electron chi connectivity index (χ3n) is 2.46. The zero-order chi connectivity index (χ0) is 13.4. The van der Waals surface area contributed by atoms with Crippen LogP contribution in [0.5, 0.6) is 0 Å². The van der Waals surface area contributed by atoms with E-state index in [9.17, 15) is 0 Å². The molecule has 1 N–H and O–H groups in total. The predicted octanol–water partition coefficient (Wildman–Crippen LogP) is 3.66. The molecular weight excluding hydrogens is 291 g/mol. The fourth-order valence-electron chi connectivity index (χ4n) is 1.56. The van der Waals surface area contributed by atoms with Crippen molar-refractivity contribution < 1.29 is 8.83 Å². The summed E-state index contributed by atoms with van der Waals surface area (Å²) in [6, 6.07) is 3.97. The number of alkyl halides is 1. The normalized spacial score (nSPS) is 11.1. The molecule has 0 saturated heterocycles. The number of aryl methyl sites for hydroxylation is 1. The van der Waals surface area contributed by atoms with E-state index < -0.39 is 0 Å². The molecule has 0 fully saturated rings. The number of aromatic nitrogens is 3. The molecule has 0 atom stereocenters. The number of hydrogen-bond donors (Lipinski definition) is 1. The molecule has 0 saturated carbocycles. The van der Waals surface area contributed by atoms with E-state index in [-0.39, 0.29) is 17.9 Å². The van der Waals surface area contributed by atoms with Gasteiger partial charge in [-0.05, 0) is 18.6 Å². The number of benzene rings is 1. The fourth-order valence-corrected chi connectivity index (χ4v) is 1.82. The van der Waals surface area contributed by atoms with Gasteiger partial charge < -0.3 is 8.83 Å². The van der Waals surface area contributed by atoms with Crippen molar-refractivity contribution in [2.45, 2.75) is 12.8 Å². The molecule has 0 spiro atoms. The van der Waals surface area contributed by atoms with Crippen LogP contribution in [0.2, 0.25) is 5.02 Å². The lowest BCUT2D eigenvalue weighted by molar-refractivity contribution is 0.523. The third kappa shape index (κ3) is 2.36. The first-order chi connectivity index (χ1) is 9.15. The van der Waals surface area contributed by atoms with Gasteiger partial charge in [-0.2, -0.15) is 4.98 Å². The highest BCUT2D eigenvalue weighted by molar-refractivity contribution is 6.32. The van der Waals surface area contributed by atoms with Crippen LogP contribution in [-0.2, 0) is 5.88 Å². The molecule has 0 aliphatic heterocycles. The minimum Gasteiger partial charge on any atom is -0.423 e. The van der Waals surface area contributed by atoms with Crippen LogP contribution in [0.3, 0.4) is 0 Å². The summed E-state index contributed by atoms with van der Waals surface area (Å²) >= 11 is 11.6. The molecule has 2 aromatic heterocycles. The van der Waals surface area contributed by atoms with Gasteiger partial charge in [-0.1, -0.05) is 16.7 Å². The third-order valence-corrected chi connectivity index (χ3v) is 3.10. The maximum absolute atomic E-state index is 6.02. The molecule has 0 aliphatic rings. The van der Waals surface area contributed by atoms with Crippen LogP contribution in [-0.4, -0.2) is 15.2 Å². The lowest BCUT2D eigenvalue weighted by atomic mass is 10.2. The average molecular weight is 299 g/mol. The van der Waals surface area contributed by atoms with Crippen LogP contribution in [0.4, 0.5) is 12.0 Å². The van der Waals surface area contributed by atoms with Gasteiger partial charge in [-0.15, -0.1) is 16.7 Å². The predicted molar refractivity (Wildman–Crippen MR) is 70.9 cm³/mol. The van der Waals surface area contributed by atoms with E-state index in [0.29, 0.717) is 22.0 Å². The Morgan fingerprint density at radius 3 is 2.79 bits per heavy atom. The van der Waals surface area contributed by atoms with Crippen molar-refractivity contribution in [3.63, 3.8) is 0 Å². The summed E-state index contributed by atoms with van der Waals surface area (Å²) in [6.07, 6.45) is 0. The summed E-state index contributed by atoms with van der Waals surface area (Å²) in [5.41, 5.74) is 2.20. The van der Waals surface area contributed by atoms with Crippen molar-refractivity contribution in [2.75, 3.05) is 5.32 Å². The summed E-state index contributed by atoms with van der Waals surface area (Å²) < 4.78 is 10.7. The molecule has 3 aromatic rings. The van der Waals surface area contributed by atoms with Crippen molar-refractivity contribution in [1.29, 1.82) is 0 Å². The van der Waals surface area contributed by atoms with E-state index in [0.717, 1.165) is 5.56 Å². The van der Waals surface area contributed by atoms with Gasteiger partial charge in [0.05, 0.1) is 0 Å². The molecule has 0 bridgehead atoms. The molecule has 3 rings (SSSR count). The van der Waals surface area contributed by atoms with Crippen LogP contribution in [0.15, 0.2) is 21.0 Å². The zero-order valence-corrected chi connectivity index (χ0v) is 11.3. The number of oxazole rings is 1. The minimum absolute atomic E-state index is 0.150. The number of nitrogens with zero attached hydrogens (tertiary/aromatic N) is 3. The number of fused-ring (bicyclic) bond motifs is 1. The highest BCUT2D eigenvalue weighted by atomic mass is 35.5. The van der Waals surface area contributed by atoms with Gasteiger partial charge >= 0.3 is 12.0 Å². The second kappa shape index (κ2) is 4.71. The highest BCUT2D eigenvalue weighted by Gasteiger charge is 2.11. The standard InChI is InChI=1S/C11H8Cl2N4O2/c1-5-2-7-8(3-6(5)13)18-10(14-7)15-11-17-16-9(4-12)19-11/h2-3H,4H2,1H3,(H,14,15,17). The molecule has 2 heterocycles. The van der Waals surface area contributed by atoms with Gasteiger partial charge in [0.25, 0.3) is 0 Å². The fraction of sp³-hybridized carbons (Fsp3) is 0.182. The van der Waals surface area contributed by atoms with E-state index in [1.54, 1.807) is 6.07 Å². The Balaban J connectivity index is 1.92. The van der Waals surface area contributed by atoms with Crippen LogP contribution in [0, 0.1) is 6.92 Å². The first kappa shape index (κ1) is 12.3. The Labute approximate surface area is 117 Å². The number of halogens is 2. The number of nitrogens with one attached hydrogen (secondary N) is 1. The molecule has 0 amide bonds. The molecule has 0 aliphatic carbocycles. The van der Waals surface area contributed by atoms with E-state index in [2.05, 4.69) is 20.5 Å². The first-order valence-corrected chi connectivity index (χ1v) is 6.29. The molecule has 19 heavy (non-hydrogen) atoms. The summed E-state index contributed by atoms with van der Waals surface area (Å²) in [7, 11) is 0. The van der Waals surface area contributed by atoms with Crippen molar-refractivity contribution in [2.24, 2.45) is 0 Å². The topological polar surface area (TPSA) is 77.0 Å². The molecular formula is C11H8Cl2N4O2. The maximum atomic E-state index is 6.02. The second-order valence-corrected chi connectivity index (χ2v) is 4.52. The van der Waals surface area contributed by atoms with Crippen molar-refractivity contribution in [3.8, 4) is 0 Å². The monoisotopic (exact) mass is 298 g/mol. The molecule has 8 heteroatoms. The SMILES string of the molecule is Cc1cc2nc(Nc3nnc(CCl)o3)oc2cc1Cl. The summed E-state index contributed by atoms with van der Waals surface area (Å²) in [5, 5.41) is 10.9. The Morgan fingerprint density at radius 2 is 2.05 bits per heavy atom. The van der Waals surface area contributed by atoms with E-state index in [1.807, 2.05) is 13.0 Å². The summed E-state index contributed by atoms with van der Waals surface area (Å²) in [6.45, 7) is 1.90. The van der Waals surface area contributed by atoms with Gasteiger partial charge in [-0.3, -0.25) is 5.32 Å². The minimum atomic E-state index is 0.150. The number of rotatable bonds is 3. The Kier molecular flexibility index (Phi) is 3.04. The van der Waals surface area contributed by atoms with E-state index in [1.165, 1.54) is 0 Å². The Hall–Kier alpha value is -1.79. The smallest absolute Gasteiger partial charge is 0.323 e. The average Bonchev–Trinajstić information content (AvgIpc) is 2.97. The van der Waals surface area contributed by atoms with Gasteiger partial charge in [-0.25, -0.2) is 0 Å². The van der Waals surface area contributed by atoms with Crippen LogP contribution >= 0.6 is 23.2 Å². The zero-order valence-electron chi connectivity index (χ0n) is 9.78. The molecule has 0 radical (unpaired) electrons. The molecule has 6 nitrogen and oxygen atoms in total. The Morgan fingerprint density at radius 1 is 1.21 bits per heavy atom. The number of anilines is 2. The quantitative estimate of drug-likeness (QED) is 0.744. The van der Waals surface area contributed by atoms with Crippen molar-refractivity contribution in [3.05, 3.63) is 28.6 Å². The highest BCUT2D eigenvalue weighted by Crippen LogP contribution is 2.26. The maximum Gasteiger partial charge on any atom is 0.323 e. The first-order valence-electron chi connectivity index (χ1n) is 5.38. The lowest BCUT2D eigenvalue weighted by Crippen LogP contribution is -1.89.